The second-order valence-corrected chi connectivity index (χ2v) is 7.54. The number of thiazole rings is 1. The average Bonchev–Trinajstić information content (AvgIpc) is 3.34. The van der Waals surface area contributed by atoms with Crippen LogP contribution in [0.2, 0.25) is 0 Å². The molecule has 0 unspecified atom stereocenters. The van der Waals surface area contributed by atoms with Crippen LogP contribution in [0.15, 0.2) is 6.20 Å². The van der Waals surface area contributed by atoms with E-state index in [4.69, 9.17) is 0 Å². The van der Waals surface area contributed by atoms with Gasteiger partial charge < -0.3 is 5.32 Å². The third kappa shape index (κ3) is 3.01. The van der Waals surface area contributed by atoms with Crippen LogP contribution in [-0.4, -0.2) is 35.1 Å². The van der Waals surface area contributed by atoms with Crippen molar-refractivity contribution in [1.82, 2.24) is 15.2 Å². The van der Waals surface area contributed by atoms with Gasteiger partial charge in [-0.15, -0.1) is 11.3 Å². The molecular weight excluding hydrogens is 254 g/mol. The van der Waals surface area contributed by atoms with Crippen molar-refractivity contribution in [3.63, 3.8) is 0 Å². The first-order chi connectivity index (χ1) is 9.38. The Morgan fingerprint density at radius 3 is 2.84 bits per heavy atom. The molecule has 4 heteroatoms. The van der Waals surface area contributed by atoms with Crippen molar-refractivity contribution in [2.45, 2.75) is 63.1 Å². The zero-order chi connectivity index (χ0) is 12.7. The fourth-order valence-corrected chi connectivity index (χ4v) is 4.21. The summed E-state index contributed by atoms with van der Waals surface area (Å²) in [5.41, 5.74) is 0. The van der Waals surface area contributed by atoms with Crippen LogP contribution in [0.1, 0.15) is 54.3 Å². The largest absolute Gasteiger partial charge is 0.313 e. The second-order valence-electron chi connectivity index (χ2n) is 6.39. The van der Waals surface area contributed by atoms with Gasteiger partial charge in [-0.25, -0.2) is 4.98 Å². The molecule has 3 aliphatic rings. The van der Waals surface area contributed by atoms with Crippen molar-refractivity contribution in [2.24, 2.45) is 0 Å². The third-order valence-corrected chi connectivity index (χ3v) is 5.68. The highest BCUT2D eigenvalue weighted by Gasteiger charge is 2.32. The smallest absolute Gasteiger partial charge is 0.0959 e. The fourth-order valence-electron chi connectivity index (χ4n) is 3.09. The van der Waals surface area contributed by atoms with E-state index >= 15 is 0 Å². The minimum Gasteiger partial charge on any atom is -0.313 e. The number of rotatable bonds is 6. The van der Waals surface area contributed by atoms with E-state index in [2.05, 4.69) is 21.4 Å². The monoisotopic (exact) mass is 277 g/mol. The molecule has 2 heterocycles. The maximum Gasteiger partial charge on any atom is 0.0959 e. The van der Waals surface area contributed by atoms with Gasteiger partial charge in [-0.1, -0.05) is 0 Å². The number of nitrogens with one attached hydrogen (secondary N) is 1. The van der Waals surface area contributed by atoms with E-state index in [1.165, 1.54) is 61.5 Å². The molecule has 3 fully saturated rings. The van der Waals surface area contributed by atoms with Gasteiger partial charge >= 0.3 is 0 Å². The zero-order valence-electron chi connectivity index (χ0n) is 11.5. The molecule has 0 radical (unpaired) electrons. The molecule has 1 aliphatic heterocycles. The molecule has 4 rings (SSSR count). The molecule has 1 saturated heterocycles. The van der Waals surface area contributed by atoms with Crippen molar-refractivity contribution in [2.75, 3.05) is 13.1 Å². The molecule has 0 aromatic carbocycles. The lowest BCUT2D eigenvalue weighted by Gasteiger charge is -2.24. The highest BCUT2D eigenvalue weighted by molar-refractivity contribution is 7.11. The highest BCUT2D eigenvalue weighted by atomic mass is 32.1. The summed E-state index contributed by atoms with van der Waals surface area (Å²) in [5.74, 6) is 0.810. The van der Waals surface area contributed by atoms with Gasteiger partial charge in [0.25, 0.3) is 0 Å². The Morgan fingerprint density at radius 1 is 1.26 bits per heavy atom. The predicted octanol–water partition coefficient (Wildman–Crippen LogP) is 2.74. The van der Waals surface area contributed by atoms with Crippen molar-refractivity contribution in [3.8, 4) is 0 Å². The molecule has 0 bridgehead atoms. The van der Waals surface area contributed by atoms with Crippen LogP contribution < -0.4 is 5.32 Å². The summed E-state index contributed by atoms with van der Waals surface area (Å²) >= 11 is 1.96. The van der Waals surface area contributed by atoms with E-state index in [9.17, 15) is 0 Å². The Labute approximate surface area is 119 Å². The lowest BCUT2D eigenvalue weighted by atomic mass is 10.2. The van der Waals surface area contributed by atoms with E-state index in [0.29, 0.717) is 0 Å². The number of nitrogens with zero attached hydrogens (tertiary/aromatic N) is 2. The van der Waals surface area contributed by atoms with Crippen LogP contribution in [0.25, 0.3) is 0 Å². The minimum atomic E-state index is 0.733. The molecule has 1 aromatic rings. The predicted molar refractivity (Wildman–Crippen MR) is 78.5 cm³/mol. The Hall–Kier alpha value is -0.450. The van der Waals surface area contributed by atoms with Crippen molar-refractivity contribution >= 4 is 11.3 Å². The van der Waals surface area contributed by atoms with Gasteiger partial charge in [0.2, 0.25) is 0 Å². The van der Waals surface area contributed by atoms with Crippen LogP contribution >= 0.6 is 11.3 Å². The first-order valence-electron chi connectivity index (χ1n) is 7.80. The van der Waals surface area contributed by atoms with Gasteiger partial charge in [-0.05, 0) is 45.1 Å². The van der Waals surface area contributed by atoms with Gasteiger partial charge in [0.1, 0.15) is 0 Å². The van der Waals surface area contributed by atoms with Gasteiger partial charge in [0.05, 0.1) is 5.01 Å². The maximum absolute atomic E-state index is 4.62. The fraction of sp³-hybridized carbons (Fsp3) is 0.800. The Morgan fingerprint density at radius 2 is 2.16 bits per heavy atom. The SMILES string of the molecule is c1nc(C2CC2)sc1CN(C[C@@H]1CCCN1)C1CC1. The van der Waals surface area contributed by atoms with Crippen molar-refractivity contribution < 1.29 is 0 Å². The molecular formula is C15H23N3S. The Balaban J connectivity index is 1.38. The molecule has 1 aromatic heterocycles. The molecule has 0 spiro atoms. The first kappa shape index (κ1) is 12.3. The zero-order valence-corrected chi connectivity index (χ0v) is 12.3. The van der Waals surface area contributed by atoms with Crippen LogP contribution in [0.3, 0.4) is 0 Å². The van der Waals surface area contributed by atoms with Crippen LogP contribution in [-0.2, 0) is 6.54 Å². The molecule has 0 amide bonds. The van der Waals surface area contributed by atoms with Crippen LogP contribution in [0, 0.1) is 0 Å². The molecule has 1 atom stereocenters. The van der Waals surface area contributed by atoms with E-state index in [1.54, 1.807) is 0 Å². The average molecular weight is 277 g/mol. The molecule has 2 aliphatic carbocycles. The molecule has 104 valence electrons. The van der Waals surface area contributed by atoms with Crippen LogP contribution in [0.5, 0.6) is 0 Å². The van der Waals surface area contributed by atoms with E-state index in [1.807, 2.05) is 11.3 Å². The molecule has 19 heavy (non-hydrogen) atoms. The van der Waals surface area contributed by atoms with Crippen LogP contribution in [0.4, 0.5) is 0 Å². The second kappa shape index (κ2) is 5.15. The normalized spacial score (nSPS) is 27.3. The van der Waals surface area contributed by atoms with Gasteiger partial charge in [0.15, 0.2) is 0 Å². The van der Waals surface area contributed by atoms with Gasteiger partial charge in [0, 0.05) is 42.2 Å². The van der Waals surface area contributed by atoms with Crippen molar-refractivity contribution in [3.05, 3.63) is 16.1 Å². The molecule has 3 nitrogen and oxygen atoms in total. The summed E-state index contributed by atoms with van der Waals surface area (Å²) in [6.07, 6.45) is 10.4. The summed E-state index contributed by atoms with van der Waals surface area (Å²) in [6, 6.07) is 1.59. The van der Waals surface area contributed by atoms with E-state index in [0.717, 1.165) is 24.5 Å². The summed E-state index contributed by atoms with van der Waals surface area (Å²) in [6.45, 7) is 3.59. The highest BCUT2D eigenvalue weighted by Crippen LogP contribution is 2.42. The van der Waals surface area contributed by atoms with Gasteiger partial charge in [-0.3, -0.25) is 4.90 Å². The summed E-state index contributed by atoms with van der Waals surface area (Å²) in [7, 11) is 0. The van der Waals surface area contributed by atoms with Crippen molar-refractivity contribution in [1.29, 1.82) is 0 Å². The standard InChI is InChI=1S/C15H23N3S/c1-2-12(16-7-1)9-18(13-5-6-13)10-14-8-17-15(19-14)11-3-4-11/h8,11-13,16H,1-7,9-10H2/t12-/m0/s1. The topological polar surface area (TPSA) is 28.2 Å². The first-order valence-corrected chi connectivity index (χ1v) is 8.62. The Bertz CT molecular complexity index is 430. The maximum atomic E-state index is 4.62. The lowest BCUT2D eigenvalue weighted by Crippen LogP contribution is -2.38. The lowest BCUT2D eigenvalue weighted by molar-refractivity contribution is 0.233. The molecule has 2 saturated carbocycles. The van der Waals surface area contributed by atoms with E-state index in [-0.39, 0.29) is 0 Å². The summed E-state index contributed by atoms with van der Waals surface area (Å²) < 4.78 is 0. The van der Waals surface area contributed by atoms with E-state index < -0.39 is 0 Å². The van der Waals surface area contributed by atoms with Gasteiger partial charge in [-0.2, -0.15) is 0 Å². The number of hydrogen-bond acceptors (Lipinski definition) is 4. The minimum absolute atomic E-state index is 0.733. The summed E-state index contributed by atoms with van der Waals surface area (Å²) in [5, 5.41) is 5.03. The molecule has 1 N–H and O–H groups in total. The quantitative estimate of drug-likeness (QED) is 0.866. The Kier molecular flexibility index (Phi) is 3.34. The summed E-state index contributed by atoms with van der Waals surface area (Å²) in [4.78, 5) is 8.80. The number of aromatic nitrogens is 1. The number of hydrogen-bond donors (Lipinski definition) is 1. The third-order valence-electron chi connectivity index (χ3n) is 4.54.